The normalized spacial score (nSPS) is 11.1. The van der Waals surface area contributed by atoms with Crippen LogP contribution in [0.3, 0.4) is 0 Å². The fraction of sp³-hybridized carbons (Fsp3) is 0.0556. The van der Waals surface area contributed by atoms with Gasteiger partial charge in [0.05, 0.1) is 11.6 Å². The molecule has 4 rings (SSSR count). The maximum Gasteiger partial charge on any atom is 0.519 e. The lowest BCUT2D eigenvalue weighted by Gasteiger charge is -2.08. The van der Waals surface area contributed by atoms with Gasteiger partial charge in [0.25, 0.3) is 0 Å². The van der Waals surface area contributed by atoms with Crippen LogP contribution in [0.5, 0.6) is 11.5 Å². The zero-order valence-corrected chi connectivity index (χ0v) is 14.8. The summed E-state index contributed by atoms with van der Waals surface area (Å²) < 4.78 is 77.5. The van der Waals surface area contributed by atoms with Gasteiger partial charge in [-0.05, 0) is 6.07 Å². The summed E-state index contributed by atoms with van der Waals surface area (Å²) in [5, 5.41) is 4.33. The van der Waals surface area contributed by atoms with E-state index >= 15 is 0 Å². The molecule has 0 amide bonds. The van der Waals surface area contributed by atoms with Gasteiger partial charge >= 0.3 is 6.16 Å². The van der Waals surface area contributed by atoms with Crippen LogP contribution in [0.2, 0.25) is 0 Å². The quantitative estimate of drug-likeness (QED) is 0.175. The lowest BCUT2D eigenvalue weighted by Crippen LogP contribution is -2.17. The Labute approximate surface area is 163 Å². The number of H-pyrrole nitrogens is 1. The number of aromatic amines is 1. The molecule has 0 atom stereocenters. The van der Waals surface area contributed by atoms with Gasteiger partial charge in [-0.25, -0.2) is 22.9 Å². The Morgan fingerprint density at radius 1 is 0.967 bits per heavy atom. The van der Waals surface area contributed by atoms with Crippen LogP contribution < -0.4 is 9.47 Å². The van der Waals surface area contributed by atoms with Crippen molar-refractivity contribution in [3.05, 3.63) is 59.9 Å². The van der Waals surface area contributed by atoms with Gasteiger partial charge in [0.2, 0.25) is 34.8 Å². The number of hydrogen-bond acceptors (Lipinski definition) is 5. The molecule has 0 unspecified atom stereocenters. The lowest BCUT2D eigenvalue weighted by atomic mass is 10.1. The third kappa shape index (κ3) is 3.21. The second-order valence-corrected chi connectivity index (χ2v) is 6.03. The number of pyridine rings is 1. The number of carbonyl (C=O) groups excluding carboxylic acids is 1. The van der Waals surface area contributed by atoms with Gasteiger partial charge in [0.1, 0.15) is 5.65 Å². The molecule has 0 aliphatic carbocycles. The van der Waals surface area contributed by atoms with E-state index in [0.717, 1.165) is 0 Å². The van der Waals surface area contributed by atoms with E-state index in [1.165, 1.54) is 12.4 Å². The first-order valence-electron chi connectivity index (χ1n) is 8.13. The topological polar surface area (TPSA) is 82.0 Å². The molecule has 30 heavy (non-hydrogen) atoms. The van der Waals surface area contributed by atoms with E-state index in [4.69, 9.17) is 4.74 Å². The Morgan fingerprint density at radius 3 is 2.27 bits per heavy atom. The van der Waals surface area contributed by atoms with Crippen molar-refractivity contribution in [3.63, 3.8) is 0 Å². The number of rotatable bonds is 3. The monoisotopic (exact) mass is 424 g/mol. The van der Waals surface area contributed by atoms with Gasteiger partial charge in [0, 0.05) is 36.8 Å². The largest absolute Gasteiger partial charge is 0.519 e. The van der Waals surface area contributed by atoms with Gasteiger partial charge in [-0.1, -0.05) is 0 Å². The van der Waals surface area contributed by atoms with Crippen LogP contribution in [-0.2, 0) is 7.05 Å². The van der Waals surface area contributed by atoms with Crippen molar-refractivity contribution in [2.75, 3.05) is 0 Å². The average Bonchev–Trinajstić information content (AvgIpc) is 3.34. The van der Waals surface area contributed by atoms with Gasteiger partial charge in [-0.3, -0.25) is 4.68 Å². The highest BCUT2D eigenvalue weighted by molar-refractivity contribution is 5.88. The molecule has 0 saturated carbocycles. The van der Waals surface area contributed by atoms with E-state index in [1.807, 2.05) is 0 Å². The van der Waals surface area contributed by atoms with Crippen LogP contribution in [0.4, 0.5) is 26.7 Å². The van der Waals surface area contributed by atoms with Crippen LogP contribution in [0, 0.1) is 29.1 Å². The van der Waals surface area contributed by atoms with Crippen LogP contribution in [0.25, 0.3) is 22.2 Å². The molecule has 12 heteroatoms. The van der Waals surface area contributed by atoms with Crippen molar-refractivity contribution >= 4 is 17.2 Å². The lowest BCUT2D eigenvalue weighted by molar-refractivity contribution is 0.146. The molecule has 0 aliphatic heterocycles. The number of ether oxygens (including phenoxy) is 2. The molecular formula is C18H9F5N4O3. The van der Waals surface area contributed by atoms with Crippen molar-refractivity contribution in [3.8, 4) is 22.6 Å². The Balaban J connectivity index is 1.63. The highest BCUT2D eigenvalue weighted by atomic mass is 19.2. The van der Waals surface area contributed by atoms with Crippen molar-refractivity contribution in [2.45, 2.75) is 0 Å². The van der Waals surface area contributed by atoms with E-state index in [9.17, 15) is 26.7 Å². The van der Waals surface area contributed by atoms with Gasteiger partial charge in [-0.2, -0.15) is 13.9 Å². The molecule has 0 spiro atoms. The summed E-state index contributed by atoms with van der Waals surface area (Å²) in [5.74, 6) is -13.4. The molecule has 0 fully saturated rings. The predicted octanol–water partition coefficient (Wildman–Crippen LogP) is 4.24. The maximum absolute atomic E-state index is 13.7. The number of benzene rings is 1. The highest BCUT2D eigenvalue weighted by Gasteiger charge is 2.29. The van der Waals surface area contributed by atoms with Gasteiger partial charge in [0.15, 0.2) is 5.75 Å². The van der Waals surface area contributed by atoms with E-state index < -0.39 is 41.0 Å². The Kier molecular flexibility index (Phi) is 4.60. The molecule has 3 heterocycles. The van der Waals surface area contributed by atoms with Crippen LogP contribution in [0.1, 0.15) is 0 Å². The number of aryl methyl sites for hydroxylation is 1. The first-order valence-corrected chi connectivity index (χ1v) is 8.13. The first-order chi connectivity index (χ1) is 14.3. The van der Waals surface area contributed by atoms with E-state index in [-0.39, 0.29) is 5.75 Å². The number of nitrogens with zero attached hydrogens (tertiary/aromatic N) is 3. The molecule has 0 saturated heterocycles. The van der Waals surface area contributed by atoms with Crippen molar-refractivity contribution in [1.29, 1.82) is 0 Å². The summed E-state index contributed by atoms with van der Waals surface area (Å²) in [6.07, 6.45) is 4.32. The molecule has 1 aromatic carbocycles. The van der Waals surface area contributed by atoms with Crippen molar-refractivity contribution in [2.24, 2.45) is 7.05 Å². The third-order valence-electron chi connectivity index (χ3n) is 4.08. The molecule has 154 valence electrons. The number of aromatic nitrogens is 4. The minimum absolute atomic E-state index is 0.142. The van der Waals surface area contributed by atoms with E-state index in [0.29, 0.717) is 22.2 Å². The summed E-state index contributed by atoms with van der Waals surface area (Å²) in [6, 6.07) is 1.59. The second kappa shape index (κ2) is 7.13. The predicted molar refractivity (Wildman–Crippen MR) is 91.2 cm³/mol. The van der Waals surface area contributed by atoms with Crippen LogP contribution in [-0.4, -0.2) is 25.9 Å². The number of nitrogens with one attached hydrogen (secondary N) is 1. The zero-order valence-electron chi connectivity index (χ0n) is 14.8. The number of fused-ring (bicyclic) bond motifs is 1. The fourth-order valence-electron chi connectivity index (χ4n) is 2.66. The van der Waals surface area contributed by atoms with E-state index in [1.54, 1.807) is 30.2 Å². The number of carbonyl (C=O) groups is 1. The molecule has 3 aromatic heterocycles. The minimum Gasteiger partial charge on any atom is -0.392 e. The summed E-state index contributed by atoms with van der Waals surface area (Å²) in [5.41, 5.74) is 1.64. The zero-order chi connectivity index (χ0) is 21.6. The van der Waals surface area contributed by atoms with Crippen LogP contribution >= 0.6 is 0 Å². The van der Waals surface area contributed by atoms with Crippen molar-refractivity contribution in [1.82, 2.24) is 19.7 Å². The Bertz CT molecular complexity index is 1270. The second-order valence-electron chi connectivity index (χ2n) is 6.03. The molecule has 1 N–H and O–H groups in total. The van der Waals surface area contributed by atoms with Gasteiger partial charge in [-0.15, -0.1) is 0 Å². The molecule has 0 radical (unpaired) electrons. The third-order valence-corrected chi connectivity index (χ3v) is 4.08. The highest BCUT2D eigenvalue weighted by Crippen LogP contribution is 2.31. The Hall–Kier alpha value is -3.96. The molecule has 4 aromatic rings. The van der Waals surface area contributed by atoms with Crippen molar-refractivity contribution < 1.29 is 36.2 Å². The Morgan fingerprint density at radius 2 is 1.63 bits per heavy atom. The number of hydrogen-bond donors (Lipinski definition) is 1. The minimum atomic E-state index is -2.38. The summed E-state index contributed by atoms with van der Waals surface area (Å²) in [7, 11) is 1.72. The standard InChI is InChI=1S/C18H9F5N4O3/c1-27-6-8(4-26-27)7-2-9-10(5-25-17(9)24-3-7)29-18(28)30-16-14(22)12(20)11(19)13(21)15(16)23/h2-6H,1H3,(H,24,25). The fourth-order valence-corrected chi connectivity index (χ4v) is 2.66. The SMILES string of the molecule is Cn1cc(-c2cnc3[nH]cc(OC(=O)Oc4c(F)c(F)c(F)c(F)c4F)c3c2)cn1. The summed E-state index contributed by atoms with van der Waals surface area (Å²) >= 11 is 0. The molecule has 7 nitrogen and oxygen atoms in total. The van der Waals surface area contributed by atoms with E-state index in [2.05, 4.69) is 19.8 Å². The van der Waals surface area contributed by atoms with Gasteiger partial charge < -0.3 is 14.5 Å². The average molecular weight is 424 g/mol. The molecule has 0 aliphatic rings. The van der Waals surface area contributed by atoms with Crippen LogP contribution in [0.15, 0.2) is 30.9 Å². The smallest absolute Gasteiger partial charge is 0.392 e. The first kappa shape index (κ1) is 19.4. The number of halogens is 5. The molecular weight excluding hydrogens is 415 g/mol. The molecule has 0 bridgehead atoms. The maximum atomic E-state index is 13.7. The summed E-state index contributed by atoms with van der Waals surface area (Å²) in [6.45, 7) is 0. The summed E-state index contributed by atoms with van der Waals surface area (Å²) in [4.78, 5) is 18.8.